The van der Waals surface area contributed by atoms with Crippen LogP contribution in [0, 0.1) is 0 Å². The van der Waals surface area contributed by atoms with Crippen molar-refractivity contribution >= 4 is 5.52 Å². The summed E-state index contributed by atoms with van der Waals surface area (Å²) >= 11 is 0. The first-order valence-electron chi connectivity index (χ1n) is 3.51. The van der Waals surface area contributed by atoms with Crippen molar-refractivity contribution < 1.29 is 9.84 Å². The number of aromatic nitrogens is 2. The maximum Gasteiger partial charge on any atom is 0.161 e. The molecule has 0 atom stereocenters. The van der Waals surface area contributed by atoms with Crippen LogP contribution in [0.25, 0.3) is 5.52 Å². The smallest absolute Gasteiger partial charge is 0.161 e. The van der Waals surface area contributed by atoms with Gasteiger partial charge in [0.1, 0.15) is 11.3 Å². The lowest BCUT2D eigenvalue weighted by Crippen LogP contribution is -1.89. The Morgan fingerprint density at radius 2 is 2.33 bits per heavy atom. The van der Waals surface area contributed by atoms with E-state index in [1.54, 1.807) is 30.0 Å². The molecule has 0 unspecified atom stereocenters. The number of methoxy groups -OCH3 is 1. The molecule has 2 rings (SSSR count). The van der Waals surface area contributed by atoms with Gasteiger partial charge in [0.15, 0.2) is 5.75 Å². The molecule has 0 spiro atoms. The average molecular weight is 164 g/mol. The molecule has 0 fully saturated rings. The number of hydrogen-bond donors (Lipinski definition) is 1. The molecule has 0 bridgehead atoms. The number of ether oxygens (including phenoxy) is 1. The van der Waals surface area contributed by atoms with E-state index >= 15 is 0 Å². The van der Waals surface area contributed by atoms with Gasteiger partial charge in [0.25, 0.3) is 0 Å². The van der Waals surface area contributed by atoms with Gasteiger partial charge in [-0.15, -0.1) is 0 Å². The topological polar surface area (TPSA) is 46.8 Å². The largest absolute Gasteiger partial charge is 0.504 e. The molecule has 2 aromatic rings. The van der Waals surface area contributed by atoms with Crippen molar-refractivity contribution in [1.82, 2.24) is 9.61 Å². The van der Waals surface area contributed by atoms with Crippen LogP contribution in [-0.4, -0.2) is 21.8 Å². The highest BCUT2D eigenvalue weighted by atomic mass is 16.5. The van der Waals surface area contributed by atoms with Gasteiger partial charge < -0.3 is 9.84 Å². The van der Waals surface area contributed by atoms with Gasteiger partial charge in [0, 0.05) is 0 Å². The van der Waals surface area contributed by atoms with Crippen LogP contribution < -0.4 is 4.74 Å². The predicted molar refractivity (Wildman–Crippen MR) is 43.4 cm³/mol. The maximum atomic E-state index is 9.25. The van der Waals surface area contributed by atoms with Crippen LogP contribution in [0.15, 0.2) is 24.5 Å². The predicted octanol–water partition coefficient (Wildman–Crippen LogP) is 1.05. The molecule has 0 aliphatic carbocycles. The molecule has 62 valence electrons. The summed E-state index contributed by atoms with van der Waals surface area (Å²) in [4.78, 5) is 0. The van der Waals surface area contributed by atoms with Crippen molar-refractivity contribution in [3.8, 4) is 11.5 Å². The van der Waals surface area contributed by atoms with Gasteiger partial charge in [0.05, 0.1) is 19.5 Å². The molecule has 0 aliphatic rings. The normalized spacial score (nSPS) is 10.4. The summed E-state index contributed by atoms with van der Waals surface area (Å²) < 4.78 is 6.55. The van der Waals surface area contributed by atoms with Crippen LogP contribution in [0.5, 0.6) is 11.5 Å². The number of fused-ring (bicyclic) bond motifs is 1. The van der Waals surface area contributed by atoms with Crippen molar-refractivity contribution in [1.29, 1.82) is 0 Å². The zero-order chi connectivity index (χ0) is 8.55. The van der Waals surface area contributed by atoms with Crippen LogP contribution >= 0.6 is 0 Å². The van der Waals surface area contributed by atoms with E-state index in [1.165, 1.54) is 6.20 Å². The second-order valence-electron chi connectivity index (χ2n) is 2.43. The van der Waals surface area contributed by atoms with Crippen molar-refractivity contribution in [2.45, 2.75) is 0 Å². The fourth-order valence-electron chi connectivity index (χ4n) is 1.07. The lowest BCUT2D eigenvalue weighted by atomic mass is 10.4. The number of pyridine rings is 1. The quantitative estimate of drug-likeness (QED) is 0.685. The van der Waals surface area contributed by atoms with E-state index in [4.69, 9.17) is 4.74 Å². The van der Waals surface area contributed by atoms with E-state index in [-0.39, 0.29) is 5.75 Å². The molecular formula is C8H8N2O2. The fourth-order valence-corrected chi connectivity index (χ4v) is 1.07. The van der Waals surface area contributed by atoms with Gasteiger partial charge >= 0.3 is 0 Å². The average Bonchev–Trinajstić information content (AvgIpc) is 2.47. The van der Waals surface area contributed by atoms with Gasteiger partial charge in [-0.2, -0.15) is 5.10 Å². The third-order valence-corrected chi connectivity index (χ3v) is 1.70. The van der Waals surface area contributed by atoms with Crippen LogP contribution in [0.3, 0.4) is 0 Å². The highest BCUT2D eigenvalue weighted by molar-refractivity contribution is 5.58. The highest BCUT2D eigenvalue weighted by Gasteiger charge is 2.01. The monoisotopic (exact) mass is 164 g/mol. The van der Waals surface area contributed by atoms with Crippen molar-refractivity contribution in [2.24, 2.45) is 0 Å². The third-order valence-electron chi connectivity index (χ3n) is 1.70. The Kier molecular flexibility index (Phi) is 1.40. The fraction of sp³-hybridized carbons (Fsp3) is 0.125. The molecule has 1 N–H and O–H groups in total. The zero-order valence-electron chi connectivity index (χ0n) is 6.56. The first-order chi connectivity index (χ1) is 5.81. The molecule has 0 saturated carbocycles. The maximum absolute atomic E-state index is 9.25. The Balaban J connectivity index is 2.69. The summed E-state index contributed by atoms with van der Waals surface area (Å²) in [5.74, 6) is 0.892. The molecule has 0 radical (unpaired) electrons. The summed E-state index contributed by atoms with van der Waals surface area (Å²) in [6.45, 7) is 0. The SMILES string of the molecule is COc1ccc2c(O)cnn2c1. The van der Waals surface area contributed by atoms with E-state index in [0.29, 0.717) is 11.3 Å². The summed E-state index contributed by atoms with van der Waals surface area (Å²) in [5.41, 5.74) is 0.677. The summed E-state index contributed by atoms with van der Waals surface area (Å²) in [6, 6.07) is 3.53. The van der Waals surface area contributed by atoms with E-state index in [1.807, 2.05) is 0 Å². The van der Waals surface area contributed by atoms with Crippen LogP contribution in [0.2, 0.25) is 0 Å². The molecule has 12 heavy (non-hydrogen) atoms. The third kappa shape index (κ3) is 0.887. The first-order valence-corrected chi connectivity index (χ1v) is 3.51. The minimum absolute atomic E-state index is 0.178. The summed E-state index contributed by atoms with van der Waals surface area (Å²) in [6.07, 6.45) is 3.10. The van der Waals surface area contributed by atoms with E-state index < -0.39 is 0 Å². The van der Waals surface area contributed by atoms with Gasteiger partial charge in [-0.25, -0.2) is 4.52 Å². The van der Waals surface area contributed by atoms with Gasteiger partial charge in [0.2, 0.25) is 0 Å². The minimum Gasteiger partial charge on any atom is -0.504 e. The molecular weight excluding hydrogens is 156 g/mol. The van der Waals surface area contributed by atoms with Crippen LogP contribution in [0.4, 0.5) is 0 Å². The molecule has 0 aliphatic heterocycles. The summed E-state index contributed by atoms with van der Waals surface area (Å²) in [5, 5.41) is 13.2. The Morgan fingerprint density at radius 1 is 1.50 bits per heavy atom. The zero-order valence-corrected chi connectivity index (χ0v) is 6.56. The number of hydrogen-bond acceptors (Lipinski definition) is 3. The summed E-state index contributed by atoms with van der Waals surface area (Å²) in [7, 11) is 1.59. The number of nitrogens with zero attached hydrogens (tertiary/aromatic N) is 2. The molecule has 0 saturated heterocycles. The number of rotatable bonds is 1. The van der Waals surface area contributed by atoms with Crippen molar-refractivity contribution in [3.63, 3.8) is 0 Å². The lowest BCUT2D eigenvalue weighted by Gasteiger charge is -1.98. The van der Waals surface area contributed by atoms with Crippen LogP contribution in [-0.2, 0) is 0 Å². The standard InChI is InChI=1S/C8H8N2O2/c1-12-6-2-3-7-8(11)4-9-10(7)5-6/h2-5,11H,1H3. The lowest BCUT2D eigenvalue weighted by molar-refractivity contribution is 0.411. The van der Waals surface area contributed by atoms with E-state index in [0.717, 1.165) is 0 Å². The van der Waals surface area contributed by atoms with Gasteiger partial charge in [-0.3, -0.25) is 0 Å². The Morgan fingerprint density at radius 3 is 3.08 bits per heavy atom. The van der Waals surface area contributed by atoms with Crippen molar-refractivity contribution in [3.05, 3.63) is 24.5 Å². The molecule has 0 aromatic carbocycles. The number of aromatic hydroxyl groups is 1. The molecule has 2 aromatic heterocycles. The van der Waals surface area contributed by atoms with Crippen LogP contribution in [0.1, 0.15) is 0 Å². The van der Waals surface area contributed by atoms with E-state index in [9.17, 15) is 5.11 Å². The van der Waals surface area contributed by atoms with Gasteiger partial charge in [-0.1, -0.05) is 0 Å². The molecule has 2 heterocycles. The molecule has 0 amide bonds. The van der Waals surface area contributed by atoms with E-state index in [2.05, 4.69) is 5.10 Å². The van der Waals surface area contributed by atoms with Crippen molar-refractivity contribution in [2.75, 3.05) is 7.11 Å². The second-order valence-corrected chi connectivity index (χ2v) is 2.43. The second kappa shape index (κ2) is 2.41. The highest BCUT2D eigenvalue weighted by Crippen LogP contribution is 2.19. The minimum atomic E-state index is 0.178. The molecule has 4 heteroatoms. The van der Waals surface area contributed by atoms with Gasteiger partial charge in [-0.05, 0) is 12.1 Å². The molecule has 4 nitrogen and oxygen atoms in total. The first kappa shape index (κ1) is 6.97. The Bertz CT molecular complexity index is 408. The Hall–Kier alpha value is -1.71. The Labute approximate surface area is 69.0 Å².